The van der Waals surface area contributed by atoms with Gasteiger partial charge in [0.15, 0.2) is 0 Å². The predicted molar refractivity (Wildman–Crippen MR) is 91.9 cm³/mol. The summed E-state index contributed by atoms with van der Waals surface area (Å²) in [6.45, 7) is 0. The third kappa shape index (κ3) is 5.29. The van der Waals surface area contributed by atoms with E-state index in [1.165, 1.54) is 47.4 Å². The number of carbonyl (C=O) groups excluding carboxylic acids is 1. The van der Waals surface area contributed by atoms with Crippen molar-refractivity contribution in [1.29, 1.82) is 0 Å². The average molecular weight is 377 g/mol. The summed E-state index contributed by atoms with van der Waals surface area (Å²) in [7, 11) is -3.72. The maximum absolute atomic E-state index is 11.8. The lowest BCUT2D eigenvalue weighted by Gasteiger charge is -2.05. The Morgan fingerprint density at radius 3 is 2.45 bits per heavy atom. The Labute approximate surface area is 141 Å². The van der Waals surface area contributed by atoms with Gasteiger partial charge in [0, 0.05) is 16.3 Å². The van der Waals surface area contributed by atoms with Gasteiger partial charge >= 0.3 is 0 Å². The highest BCUT2D eigenvalue weighted by atomic mass is 35.5. The van der Waals surface area contributed by atoms with Crippen molar-refractivity contribution < 1.29 is 13.2 Å². The Balaban J connectivity index is 1.81. The zero-order valence-corrected chi connectivity index (χ0v) is 14.5. The van der Waals surface area contributed by atoms with E-state index in [0.717, 1.165) is 15.0 Å². The fourth-order valence-electron chi connectivity index (χ4n) is 1.60. The highest BCUT2D eigenvalue weighted by Crippen LogP contribution is 2.25. The summed E-state index contributed by atoms with van der Waals surface area (Å²) in [4.78, 5) is 12.9. The van der Waals surface area contributed by atoms with Gasteiger partial charge in [-0.2, -0.15) is 0 Å². The van der Waals surface area contributed by atoms with Crippen LogP contribution in [0.2, 0.25) is 4.34 Å². The smallest absolute Gasteiger partial charge is 0.238 e. The van der Waals surface area contributed by atoms with Gasteiger partial charge in [0.05, 0.1) is 15.0 Å². The van der Waals surface area contributed by atoms with Crippen LogP contribution < -0.4 is 10.5 Å². The number of rotatable bonds is 6. The molecule has 118 valence electrons. The molecule has 2 aromatic rings. The van der Waals surface area contributed by atoms with Crippen molar-refractivity contribution in [3.63, 3.8) is 0 Å². The zero-order chi connectivity index (χ0) is 16.2. The first-order valence-electron chi connectivity index (χ1n) is 6.09. The number of nitrogens with two attached hydrogens (primary N) is 1. The second kappa shape index (κ2) is 7.47. The Kier molecular flexibility index (Phi) is 5.87. The number of anilines is 1. The number of hydrogen-bond acceptors (Lipinski definition) is 5. The minimum absolute atomic E-state index is 0.00875. The second-order valence-electron chi connectivity index (χ2n) is 4.32. The van der Waals surface area contributed by atoms with Crippen LogP contribution in [0, 0.1) is 0 Å². The van der Waals surface area contributed by atoms with Gasteiger partial charge in [0.25, 0.3) is 0 Å². The summed E-state index contributed by atoms with van der Waals surface area (Å²) in [6, 6.07) is 9.47. The van der Waals surface area contributed by atoms with Crippen LogP contribution in [0.15, 0.2) is 41.3 Å². The minimum atomic E-state index is -3.72. The molecule has 0 aliphatic carbocycles. The SMILES string of the molecule is NS(=O)(=O)c1ccc(NC(=O)CSCc2ccc(Cl)s2)cc1. The van der Waals surface area contributed by atoms with Gasteiger partial charge in [0.1, 0.15) is 0 Å². The number of benzene rings is 1. The number of thiophene rings is 1. The molecule has 1 aromatic heterocycles. The molecule has 0 aliphatic rings. The van der Waals surface area contributed by atoms with E-state index in [9.17, 15) is 13.2 Å². The van der Waals surface area contributed by atoms with E-state index in [1.807, 2.05) is 12.1 Å². The Morgan fingerprint density at radius 2 is 1.91 bits per heavy atom. The lowest BCUT2D eigenvalue weighted by molar-refractivity contribution is -0.113. The van der Waals surface area contributed by atoms with Crippen molar-refractivity contribution >= 4 is 56.3 Å². The Bertz CT molecular complexity index is 757. The fraction of sp³-hybridized carbons (Fsp3) is 0.154. The molecule has 0 spiro atoms. The first-order valence-corrected chi connectivity index (χ1v) is 9.99. The van der Waals surface area contributed by atoms with Crippen molar-refractivity contribution in [2.45, 2.75) is 10.6 Å². The molecular formula is C13H13ClN2O3S3. The highest BCUT2D eigenvalue weighted by molar-refractivity contribution is 7.99. The van der Waals surface area contributed by atoms with Crippen LogP contribution in [0.1, 0.15) is 4.88 Å². The van der Waals surface area contributed by atoms with Crippen LogP contribution in [0.25, 0.3) is 0 Å². The second-order valence-corrected chi connectivity index (χ2v) is 8.66. The zero-order valence-electron chi connectivity index (χ0n) is 11.3. The number of thioether (sulfide) groups is 1. The van der Waals surface area contributed by atoms with Crippen LogP contribution in [-0.2, 0) is 20.6 Å². The predicted octanol–water partition coefficient (Wildman–Crippen LogP) is 2.92. The molecule has 0 radical (unpaired) electrons. The summed E-state index contributed by atoms with van der Waals surface area (Å²) < 4.78 is 23.0. The third-order valence-electron chi connectivity index (χ3n) is 2.57. The molecule has 1 heterocycles. The van der Waals surface area contributed by atoms with Gasteiger partial charge in [-0.25, -0.2) is 13.6 Å². The summed E-state index contributed by atoms with van der Waals surface area (Å²) in [5.41, 5.74) is 0.525. The quantitative estimate of drug-likeness (QED) is 0.811. The maximum atomic E-state index is 11.8. The van der Waals surface area contributed by atoms with E-state index in [4.69, 9.17) is 16.7 Å². The van der Waals surface area contributed by atoms with Crippen molar-refractivity contribution in [1.82, 2.24) is 0 Å². The van der Waals surface area contributed by atoms with E-state index in [1.54, 1.807) is 0 Å². The first kappa shape index (κ1) is 17.3. The Morgan fingerprint density at radius 1 is 1.23 bits per heavy atom. The van der Waals surface area contributed by atoms with Gasteiger partial charge < -0.3 is 5.32 Å². The third-order valence-corrected chi connectivity index (χ3v) is 5.90. The number of nitrogens with one attached hydrogen (secondary N) is 1. The van der Waals surface area contributed by atoms with Crippen molar-refractivity contribution in [2.75, 3.05) is 11.1 Å². The molecule has 0 saturated carbocycles. The molecule has 9 heteroatoms. The van der Waals surface area contributed by atoms with E-state index in [-0.39, 0.29) is 10.8 Å². The topological polar surface area (TPSA) is 89.3 Å². The maximum Gasteiger partial charge on any atom is 0.238 e. The minimum Gasteiger partial charge on any atom is -0.325 e. The summed E-state index contributed by atoms with van der Waals surface area (Å²) in [5, 5.41) is 7.70. The molecule has 5 nitrogen and oxygen atoms in total. The summed E-state index contributed by atoms with van der Waals surface area (Å²) in [5.74, 6) is 0.859. The molecule has 0 saturated heterocycles. The molecule has 3 N–H and O–H groups in total. The van der Waals surface area contributed by atoms with Gasteiger partial charge in [0.2, 0.25) is 15.9 Å². The van der Waals surface area contributed by atoms with Crippen LogP contribution >= 0.6 is 34.7 Å². The molecule has 0 aliphatic heterocycles. The van der Waals surface area contributed by atoms with E-state index >= 15 is 0 Å². The number of hydrogen-bond donors (Lipinski definition) is 2. The molecule has 0 bridgehead atoms. The fourth-order valence-corrected chi connectivity index (χ4v) is 4.14. The average Bonchev–Trinajstić information content (AvgIpc) is 2.84. The molecule has 0 fully saturated rings. The van der Waals surface area contributed by atoms with Gasteiger partial charge in [-0.3, -0.25) is 4.79 Å². The number of amides is 1. The van der Waals surface area contributed by atoms with Crippen LogP contribution in [0.4, 0.5) is 5.69 Å². The summed E-state index contributed by atoms with van der Waals surface area (Å²) >= 11 is 8.80. The normalized spacial score (nSPS) is 11.4. The summed E-state index contributed by atoms with van der Waals surface area (Å²) in [6.07, 6.45) is 0. The Hall–Kier alpha value is -1.06. The lowest BCUT2D eigenvalue weighted by Crippen LogP contribution is -2.15. The van der Waals surface area contributed by atoms with Crippen molar-refractivity contribution in [3.05, 3.63) is 45.6 Å². The molecular weight excluding hydrogens is 364 g/mol. The molecule has 1 aromatic carbocycles. The standard InChI is InChI=1S/C13H13ClN2O3S3/c14-12-6-3-10(21-12)7-20-8-13(17)16-9-1-4-11(5-2-9)22(15,18)19/h1-6H,7-8H2,(H,16,17)(H2,15,18,19). The number of primary sulfonamides is 1. The number of halogens is 1. The molecule has 22 heavy (non-hydrogen) atoms. The molecule has 0 atom stereocenters. The largest absolute Gasteiger partial charge is 0.325 e. The van der Waals surface area contributed by atoms with Crippen LogP contribution in [0.3, 0.4) is 0 Å². The lowest BCUT2D eigenvalue weighted by atomic mass is 10.3. The van der Waals surface area contributed by atoms with E-state index in [0.29, 0.717) is 11.4 Å². The van der Waals surface area contributed by atoms with Crippen molar-refractivity contribution in [3.8, 4) is 0 Å². The van der Waals surface area contributed by atoms with Crippen molar-refractivity contribution in [2.24, 2.45) is 5.14 Å². The van der Waals surface area contributed by atoms with Crippen LogP contribution in [0.5, 0.6) is 0 Å². The van der Waals surface area contributed by atoms with E-state index < -0.39 is 10.0 Å². The molecule has 0 unspecified atom stereocenters. The number of carbonyl (C=O) groups is 1. The molecule has 2 rings (SSSR count). The van der Waals surface area contributed by atoms with E-state index in [2.05, 4.69) is 5.32 Å². The van der Waals surface area contributed by atoms with Gasteiger partial charge in [-0.1, -0.05) is 11.6 Å². The van der Waals surface area contributed by atoms with Gasteiger partial charge in [-0.05, 0) is 36.4 Å². The van der Waals surface area contributed by atoms with Gasteiger partial charge in [-0.15, -0.1) is 23.1 Å². The highest BCUT2D eigenvalue weighted by Gasteiger charge is 2.08. The molecule has 1 amide bonds. The monoisotopic (exact) mass is 376 g/mol. The van der Waals surface area contributed by atoms with Crippen LogP contribution in [-0.4, -0.2) is 20.1 Å². The number of sulfonamides is 1. The first-order chi connectivity index (χ1) is 10.3.